The topological polar surface area (TPSA) is 86.8 Å². The SMILES string of the molecule is CCc1ccc(N(CC(=O)N(Cc2ccccc2Cl)[C@@H](C)C(=O)NC)S(C)(=O)=O)cc1. The maximum Gasteiger partial charge on any atom is 0.244 e. The number of halogens is 1. The van der Waals surface area contributed by atoms with Crippen LogP contribution in [0.25, 0.3) is 0 Å². The van der Waals surface area contributed by atoms with Crippen LogP contribution >= 0.6 is 11.6 Å². The minimum atomic E-state index is -3.74. The van der Waals surface area contributed by atoms with Crippen LogP contribution in [0.15, 0.2) is 48.5 Å². The molecular weight excluding hydrogens is 438 g/mol. The Morgan fingerprint density at radius 3 is 2.23 bits per heavy atom. The Labute approximate surface area is 189 Å². The number of hydrogen-bond donors (Lipinski definition) is 1. The number of carbonyl (C=O) groups is 2. The van der Waals surface area contributed by atoms with Crippen molar-refractivity contribution >= 4 is 39.1 Å². The first-order valence-corrected chi connectivity index (χ1v) is 12.1. The number of amides is 2. The molecule has 0 spiro atoms. The van der Waals surface area contributed by atoms with E-state index in [-0.39, 0.29) is 12.5 Å². The average molecular weight is 466 g/mol. The average Bonchev–Trinajstić information content (AvgIpc) is 2.75. The second-order valence-corrected chi connectivity index (χ2v) is 9.51. The van der Waals surface area contributed by atoms with Crippen molar-refractivity contribution in [3.8, 4) is 0 Å². The molecule has 2 aromatic carbocycles. The summed E-state index contributed by atoms with van der Waals surface area (Å²) in [6, 6.07) is 13.2. The molecule has 0 aliphatic rings. The van der Waals surface area contributed by atoms with Gasteiger partial charge in [-0.05, 0) is 42.7 Å². The van der Waals surface area contributed by atoms with E-state index in [0.717, 1.165) is 22.5 Å². The number of rotatable bonds is 9. The number of anilines is 1. The third-order valence-corrected chi connectivity index (χ3v) is 6.53. The number of sulfonamides is 1. The van der Waals surface area contributed by atoms with Gasteiger partial charge in [-0.3, -0.25) is 13.9 Å². The molecule has 168 valence electrons. The standard InChI is InChI=1S/C22H28ClN3O4S/c1-5-17-10-12-19(13-11-17)26(31(4,29)30)15-21(27)25(16(2)22(28)24-3)14-18-8-6-7-9-20(18)23/h6-13,16H,5,14-15H2,1-4H3,(H,24,28)/t16-/m0/s1. The Hall–Kier alpha value is -2.58. The molecule has 0 heterocycles. The predicted octanol–water partition coefficient (Wildman–Crippen LogP) is 2.83. The quantitative estimate of drug-likeness (QED) is 0.617. The molecule has 31 heavy (non-hydrogen) atoms. The number of hydrogen-bond acceptors (Lipinski definition) is 4. The van der Waals surface area contributed by atoms with E-state index in [4.69, 9.17) is 11.6 Å². The molecule has 2 rings (SSSR count). The van der Waals surface area contributed by atoms with Crippen LogP contribution in [0.2, 0.25) is 5.02 Å². The van der Waals surface area contributed by atoms with Gasteiger partial charge in [0.15, 0.2) is 0 Å². The van der Waals surface area contributed by atoms with E-state index in [1.165, 1.54) is 11.9 Å². The van der Waals surface area contributed by atoms with Crippen molar-refractivity contribution in [1.29, 1.82) is 0 Å². The maximum absolute atomic E-state index is 13.3. The Kier molecular flexibility index (Phi) is 8.47. The summed E-state index contributed by atoms with van der Waals surface area (Å²) < 4.78 is 26.0. The first kappa shape index (κ1) is 24.7. The number of likely N-dealkylation sites (N-methyl/N-ethyl adjacent to an activating group) is 1. The van der Waals surface area contributed by atoms with Crippen molar-refractivity contribution in [1.82, 2.24) is 10.2 Å². The summed E-state index contributed by atoms with van der Waals surface area (Å²) in [5.41, 5.74) is 2.10. The summed E-state index contributed by atoms with van der Waals surface area (Å²) in [5.74, 6) is -0.875. The number of nitrogens with zero attached hydrogens (tertiary/aromatic N) is 2. The molecule has 0 radical (unpaired) electrons. The van der Waals surface area contributed by atoms with Crippen LogP contribution < -0.4 is 9.62 Å². The normalized spacial score (nSPS) is 12.2. The maximum atomic E-state index is 13.3. The highest BCUT2D eigenvalue weighted by Gasteiger charge is 2.30. The molecule has 0 saturated heterocycles. The van der Waals surface area contributed by atoms with Gasteiger partial charge in [0, 0.05) is 18.6 Å². The van der Waals surface area contributed by atoms with Gasteiger partial charge in [-0.2, -0.15) is 0 Å². The zero-order valence-electron chi connectivity index (χ0n) is 18.1. The predicted molar refractivity (Wildman–Crippen MR) is 124 cm³/mol. The summed E-state index contributed by atoms with van der Waals surface area (Å²) in [6.07, 6.45) is 1.86. The molecule has 9 heteroatoms. The molecule has 2 aromatic rings. The fraction of sp³-hybridized carbons (Fsp3) is 0.364. The van der Waals surface area contributed by atoms with Crippen molar-refractivity contribution in [2.24, 2.45) is 0 Å². The Balaban J connectivity index is 2.38. The zero-order chi connectivity index (χ0) is 23.2. The second kappa shape index (κ2) is 10.6. The second-order valence-electron chi connectivity index (χ2n) is 7.19. The van der Waals surface area contributed by atoms with Crippen LogP contribution in [0.1, 0.15) is 25.0 Å². The van der Waals surface area contributed by atoms with Crippen molar-refractivity contribution in [2.45, 2.75) is 32.9 Å². The van der Waals surface area contributed by atoms with Gasteiger partial charge in [-0.25, -0.2) is 8.42 Å². The van der Waals surface area contributed by atoms with E-state index in [2.05, 4.69) is 5.32 Å². The van der Waals surface area contributed by atoms with Gasteiger partial charge in [0.2, 0.25) is 21.8 Å². The third kappa shape index (κ3) is 6.45. The van der Waals surface area contributed by atoms with E-state index in [1.807, 2.05) is 19.1 Å². The molecule has 0 aliphatic heterocycles. The van der Waals surface area contributed by atoms with Gasteiger partial charge < -0.3 is 10.2 Å². The zero-order valence-corrected chi connectivity index (χ0v) is 19.7. The van der Waals surface area contributed by atoms with Crippen LogP contribution in [0.4, 0.5) is 5.69 Å². The molecule has 1 N–H and O–H groups in total. The largest absolute Gasteiger partial charge is 0.357 e. The lowest BCUT2D eigenvalue weighted by Gasteiger charge is -2.31. The highest BCUT2D eigenvalue weighted by Crippen LogP contribution is 2.22. The van der Waals surface area contributed by atoms with E-state index in [0.29, 0.717) is 16.3 Å². The Morgan fingerprint density at radius 1 is 1.10 bits per heavy atom. The molecule has 2 amide bonds. The molecule has 0 bridgehead atoms. The van der Waals surface area contributed by atoms with Gasteiger partial charge in [0.1, 0.15) is 12.6 Å². The smallest absolute Gasteiger partial charge is 0.244 e. The van der Waals surface area contributed by atoms with Crippen molar-refractivity contribution < 1.29 is 18.0 Å². The highest BCUT2D eigenvalue weighted by atomic mass is 35.5. The number of aryl methyl sites for hydroxylation is 1. The number of nitrogens with one attached hydrogen (secondary N) is 1. The Morgan fingerprint density at radius 2 is 1.71 bits per heavy atom. The number of carbonyl (C=O) groups excluding carboxylic acids is 2. The van der Waals surface area contributed by atoms with E-state index in [1.54, 1.807) is 43.3 Å². The van der Waals surface area contributed by atoms with Gasteiger partial charge in [-0.15, -0.1) is 0 Å². The van der Waals surface area contributed by atoms with Gasteiger partial charge >= 0.3 is 0 Å². The van der Waals surface area contributed by atoms with Crippen LogP contribution in [-0.2, 0) is 32.6 Å². The fourth-order valence-corrected chi connectivity index (χ4v) is 4.16. The molecular formula is C22H28ClN3O4S. The van der Waals surface area contributed by atoms with Crippen LogP contribution in [0, 0.1) is 0 Å². The molecule has 0 unspecified atom stereocenters. The summed E-state index contributed by atoms with van der Waals surface area (Å²) in [6.45, 7) is 3.23. The van der Waals surface area contributed by atoms with Crippen LogP contribution in [0.3, 0.4) is 0 Å². The molecule has 0 aromatic heterocycles. The van der Waals surface area contributed by atoms with Gasteiger partial charge in [0.25, 0.3) is 0 Å². The monoisotopic (exact) mass is 465 g/mol. The van der Waals surface area contributed by atoms with Crippen molar-refractivity contribution in [2.75, 3.05) is 24.2 Å². The number of benzene rings is 2. The fourth-order valence-electron chi connectivity index (χ4n) is 3.11. The summed E-state index contributed by atoms with van der Waals surface area (Å²) >= 11 is 6.25. The summed E-state index contributed by atoms with van der Waals surface area (Å²) in [5, 5.41) is 2.99. The first-order chi connectivity index (χ1) is 14.6. The minimum Gasteiger partial charge on any atom is -0.357 e. The summed E-state index contributed by atoms with van der Waals surface area (Å²) in [7, 11) is -2.26. The molecule has 0 fully saturated rings. The first-order valence-electron chi connectivity index (χ1n) is 9.89. The van der Waals surface area contributed by atoms with E-state index in [9.17, 15) is 18.0 Å². The van der Waals surface area contributed by atoms with Crippen molar-refractivity contribution in [3.05, 3.63) is 64.7 Å². The molecule has 0 saturated carbocycles. The summed E-state index contributed by atoms with van der Waals surface area (Å²) in [4.78, 5) is 26.9. The molecule has 1 atom stereocenters. The molecule has 7 nitrogen and oxygen atoms in total. The Bertz CT molecular complexity index is 1030. The van der Waals surface area contributed by atoms with Crippen molar-refractivity contribution in [3.63, 3.8) is 0 Å². The lowest BCUT2D eigenvalue weighted by Crippen LogP contribution is -2.50. The third-order valence-electron chi connectivity index (χ3n) is 5.02. The lowest BCUT2D eigenvalue weighted by molar-refractivity contribution is -0.139. The van der Waals surface area contributed by atoms with Crippen LogP contribution in [0.5, 0.6) is 0 Å². The minimum absolute atomic E-state index is 0.0689. The van der Waals surface area contributed by atoms with Crippen LogP contribution in [-0.4, -0.2) is 51.0 Å². The molecule has 0 aliphatic carbocycles. The van der Waals surface area contributed by atoms with E-state index < -0.39 is 28.5 Å². The van der Waals surface area contributed by atoms with Gasteiger partial charge in [-0.1, -0.05) is 48.9 Å². The lowest BCUT2D eigenvalue weighted by atomic mass is 10.1. The highest BCUT2D eigenvalue weighted by molar-refractivity contribution is 7.92. The van der Waals surface area contributed by atoms with Gasteiger partial charge in [0.05, 0.1) is 11.9 Å². The van der Waals surface area contributed by atoms with E-state index >= 15 is 0 Å².